The zero-order chi connectivity index (χ0) is 19.9. The van der Waals surface area contributed by atoms with Crippen LogP contribution in [0, 0.1) is 5.92 Å². The third kappa shape index (κ3) is 5.03. The minimum atomic E-state index is -0.618. The molecular formula is C21H28N2O5. The number of hydrogen-bond donors (Lipinski definition) is 1. The van der Waals surface area contributed by atoms with Crippen LogP contribution < -0.4 is 10.1 Å². The fraction of sp³-hybridized carbons (Fsp3) is 0.571. The predicted molar refractivity (Wildman–Crippen MR) is 103 cm³/mol. The Morgan fingerprint density at radius 1 is 1.07 bits per heavy atom. The van der Waals surface area contributed by atoms with Crippen LogP contribution >= 0.6 is 0 Å². The number of nitrogens with one attached hydrogen (secondary N) is 1. The van der Waals surface area contributed by atoms with Crippen molar-refractivity contribution in [1.82, 2.24) is 10.2 Å². The number of ether oxygens (including phenoxy) is 2. The van der Waals surface area contributed by atoms with E-state index in [9.17, 15) is 14.4 Å². The van der Waals surface area contributed by atoms with Gasteiger partial charge < -0.3 is 19.7 Å². The summed E-state index contributed by atoms with van der Waals surface area (Å²) in [5, 5.41) is 2.51. The summed E-state index contributed by atoms with van der Waals surface area (Å²) in [6.45, 7) is 0.205. The standard InChI is InChI=1S/C21H28N2O5/c1-27-17-10-8-16(9-11-17)21(26)22-13-20(25)28-14-19(24)23-12-4-6-15-5-2-3-7-18(15)23/h8-11,15,18H,2-7,12-14H2,1H3,(H,22,26)/t15-,18-/m1/s1. The van der Waals surface area contributed by atoms with Crippen molar-refractivity contribution in [1.29, 1.82) is 0 Å². The van der Waals surface area contributed by atoms with E-state index in [0.717, 1.165) is 25.8 Å². The molecule has 0 spiro atoms. The van der Waals surface area contributed by atoms with E-state index in [4.69, 9.17) is 9.47 Å². The first-order valence-electron chi connectivity index (χ1n) is 9.96. The van der Waals surface area contributed by atoms with E-state index in [2.05, 4.69) is 5.32 Å². The number of amides is 2. The molecule has 7 heteroatoms. The number of methoxy groups -OCH3 is 1. The first kappa shape index (κ1) is 20.2. The molecule has 0 aromatic heterocycles. The quantitative estimate of drug-likeness (QED) is 0.755. The minimum absolute atomic E-state index is 0.133. The maximum atomic E-state index is 12.5. The van der Waals surface area contributed by atoms with Crippen molar-refractivity contribution in [3.05, 3.63) is 29.8 Å². The number of piperidine rings is 1. The maximum Gasteiger partial charge on any atom is 0.325 e. The Labute approximate surface area is 165 Å². The molecule has 1 saturated heterocycles. The van der Waals surface area contributed by atoms with Gasteiger partial charge in [-0.25, -0.2) is 0 Å². The van der Waals surface area contributed by atoms with Gasteiger partial charge in [-0.3, -0.25) is 14.4 Å². The lowest BCUT2D eigenvalue weighted by atomic mass is 9.78. The fourth-order valence-corrected chi connectivity index (χ4v) is 4.21. The average molecular weight is 388 g/mol. The van der Waals surface area contributed by atoms with Crippen LogP contribution in [0.3, 0.4) is 0 Å². The molecule has 152 valence electrons. The maximum absolute atomic E-state index is 12.5. The summed E-state index contributed by atoms with van der Waals surface area (Å²) in [5.41, 5.74) is 0.418. The van der Waals surface area contributed by atoms with Gasteiger partial charge in [0.2, 0.25) is 0 Å². The third-order valence-electron chi connectivity index (χ3n) is 5.67. The van der Waals surface area contributed by atoms with E-state index in [0.29, 0.717) is 23.3 Å². The minimum Gasteiger partial charge on any atom is -0.497 e. The number of likely N-dealkylation sites (tertiary alicyclic amines) is 1. The van der Waals surface area contributed by atoms with Crippen molar-refractivity contribution in [2.45, 2.75) is 44.6 Å². The summed E-state index contributed by atoms with van der Waals surface area (Å²) in [7, 11) is 1.55. The highest BCUT2D eigenvalue weighted by atomic mass is 16.5. The number of hydrogen-bond acceptors (Lipinski definition) is 5. The monoisotopic (exact) mass is 388 g/mol. The van der Waals surface area contributed by atoms with E-state index in [1.165, 1.54) is 19.3 Å². The van der Waals surface area contributed by atoms with E-state index < -0.39 is 5.97 Å². The molecule has 1 N–H and O–H groups in total. The summed E-state index contributed by atoms with van der Waals surface area (Å²) >= 11 is 0. The second kappa shape index (κ2) is 9.57. The molecule has 1 heterocycles. The first-order valence-corrected chi connectivity index (χ1v) is 9.96. The van der Waals surface area contributed by atoms with Gasteiger partial charge >= 0.3 is 5.97 Å². The van der Waals surface area contributed by atoms with Crippen LogP contribution in [0.4, 0.5) is 0 Å². The zero-order valence-corrected chi connectivity index (χ0v) is 16.3. The Bertz CT molecular complexity index is 701. The molecule has 28 heavy (non-hydrogen) atoms. The molecule has 1 saturated carbocycles. The van der Waals surface area contributed by atoms with Crippen LogP contribution in [-0.4, -0.2) is 55.5 Å². The van der Waals surface area contributed by atoms with Gasteiger partial charge in [-0.15, -0.1) is 0 Å². The second-order valence-corrected chi connectivity index (χ2v) is 7.41. The number of nitrogens with zero attached hydrogens (tertiary/aromatic N) is 1. The average Bonchev–Trinajstić information content (AvgIpc) is 2.75. The molecular weight excluding hydrogens is 360 g/mol. The molecule has 1 aromatic rings. The van der Waals surface area contributed by atoms with E-state index in [-0.39, 0.29) is 25.0 Å². The smallest absolute Gasteiger partial charge is 0.325 e. The van der Waals surface area contributed by atoms with Gasteiger partial charge in [0.1, 0.15) is 12.3 Å². The lowest BCUT2D eigenvalue weighted by molar-refractivity contribution is -0.154. The SMILES string of the molecule is COc1ccc(C(=O)NCC(=O)OCC(=O)N2CCC[C@H]3CCCC[C@H]32)cc1. The van der Waals surface area contributed by atoms with Gasteiger partial charge in [0.15, 0.2) is 6.61 Å². The number of rotatable bonds is 6. The topological polar surface area (TPSA) is 84.9 Å². The van der Waals surface area contributed by atoms with Crippen molar-refractivity contribution < 1.29 is 23.9 Å². The number of carbonyl (C=O) groups is 3. The van der Waals surface area contributed by atoms with Crippen LogP contribution in [0.5, 0.6) is 5.75 Å². The van der Waals surface area contributed by atoms with Crippen LogP contribution in [0.1, 0.15) is 48.9 Å². The Hall–Kier alpha value is -2.57. The van der Waals surface area contributed by atoms with Gasteiger partial charge in [-0.1, -0.05) is 12.8 Å². The molecule has 0 radical (unpaired) electrons. The van der Waals surface area contributed by atoms with Gasteiger partial charge in [0, 0.05) is 18.2 Å². The van der Waals surface area contributed by atoms with E-state index in [1.807, 2.05) is 4.90 Å². The van der Waals surface area contributed by atoms with Crippen LogP contribution in [0.15, 0.2) is 24.3 Å². The highest BCUT2D eigenvalue weighted by Crippen LogP contribution is 2.35. The van der Waals surface area contributed by atoms with Gasteiger partial charge in [-0.2, -0.15) is 0 Å². The van der Waals surface area contributed by atoms with E-state index >= 15 is 0 Å². The Balaban J connectivity index is 1.42. The molecule has 2 atom stereocenters. The van der Waals surface area contributed by atoms with Crippen molar-refractivity contribution in [2.24, 2.45) is 5.92 Å². The summed E-state index contributed by atoms with van der Waals surface area (Å²) in [6.07, 6.45) is 6.83. The molecule has 2 aliphatic rings. The Morgan fingerprint density at radius 3 is 2.54 bits per heavy atom. The lowest BCUT2D eigenvalue weighted by Crippen LogP contribution is -2.51. The zero-order valence-electron chi connectivity index (χ0n) is 16.3. The van der Waals surface area contributed by atoms with Crippen molar-refractivity contribution in [3.63, 3.8) is 0 Å². The Kier molecular flexibility index (Phi) is 6.90. The highest BCUT2D eigenvalue weighted by Gasteiger charge is 2.35. The number of esters is 1. The number of fused-ring (bicyclic) bond motifs is 1. The Morgan fingerprint density at radius 2 is 1.79 bits per heavy atom. The van der Waals surface area contributed by atoms with Gasteiger partial charge in [0.05, 0.1) is 7.11 Å². The molecule has 2 fully saturated rings. The molecule has 7 nitrogen and oxygen atoms in total. The lowest BCUT2D eigenvalue weighted by Gasteiger charge is -2.44. The summed E-state index contributed by atoms with van der Waals surface area (Å²) in [4.78, 5) is 38.4. The number of benzene rings is 1. The van der Waals surface area contributed by atoms with Crippen LogP contribution in [0.2, 0.25) is 0 Å². The normalized spacial score (nSPS) is 21.4. The van der Waals surface area contributed by atoms with Crippen LogP contribution in [-0.2, 0) is 14.3 Å². The van der Waals surface area contributed by atoms with Gasteiger partial charge in [0.25, 0.3) is 11.8 Å². The molecule has 1 aromatic carbocycles. The molecule has 0 unspecified atom stereocenters. The highest BCUT2D eigenvalue weighted by molar-refractivity contribution is 5.96. The second-order valence-electron chi connectivity index (χ2n) is 7.41. The van der Waals surface area contributed by atoms with E-state index in [1.54, 1.807) is 31.4 Å². The molecule has 1 aliphatic heterocycles. The number of carbonyl (C=O) groups excluding carboxylic acids is 3. The first-order chi connectivity index (χ1) is 13.6. The van der Waals surface area contributed by atoms with Crippen LogP contribution in [0.25, 0.3) is 0 Å². The fourth-order valence-electron chi connectivity index (χ4n) is 4.21. The van der Waals surface area contributed by atoms with Crippen molar-refractivity contribution >= 4 is 17.8 Å². The third-order valence-corrected chi connectivity index (χ3v) is 5.67. The molecule has 3 rings (SSSR count). The predicted octanol–water partition coefficient (Wildman–Crippen LogP) is 2.15. The molecule has 2 amide bonds. The van der Waals surface area contributed by atoms with Gasteiger partial charge in [-0.05, 0) is 55.9 Å². The summed E-state index contributed by atoms with van der Waals surface area (Å²) in [6, 6.07) is 6.86. The molecule has 0 bridgehead atoms. The van der Waals surface area contributed by atoms with Crippen molar-refractivity contribution in [2.75, 3.05) is 26.8 Å². The van der Waals surface area contributed by atoms with Crippen molar-refractivity contribution in [3.8, 4) is 5.75 Å². The molecule has 1 aliphatic carbocycles. The summed E-state index contributed by atoms with van der Waals surface area (Å²) < 4.78 is 10.1. The largest absolute Gasteiger partial charge is 0.497 e. The summed E-state index contributed by atoms with van der Waals surface area (Å²) in [5.74, 6) is 0.101.